The molecule has 1 amide bonds. The van der Waals surface area contributed by atoms with Gasteiger partial charge >= 0.3 is 0 Å². The first kappa shape index (κ1) is 19.1. The number of nitro groups is 1. The molecule has 0 bridgehead atoms. The topological polar surface area (TPSA) is 93.3 Å². The Hall–Kier alpha value is -3.26. The van der Waals surface area contributed by atoms with Crippen molar-refractivity contribution in [1.29, 1.82) is 0 Å². The molecular weight excluding hydrogens is 370 g/mol. The van der Waals surface area contributed by atoms with E-state index in [0.29, 0.717) is 5.69 Å². The SMILES string of the molecule is Cn1c(CCN2CCCC2)nc2cc(NC(=O)c3cccc([N+](=O)[O-])c3)ccc21. The Bertz CT molecular complexity index is 1070. The van der Waals surface area contributed by atoms with Gasteiger partial charge < -0.3 is 14.8 Å². The number of anilines is 1. The van der Waals surface area contributed by atoms with Crippen molar-refractivity contribution in [2.24, 2.45) is 7.05 Å². The van der Waals surface area contributed by atoms with Gasteiger partial charge in [-0.2, -0.15) is 0 Å². The summed E-state index contributed by atoms with van der Waals surface area (Å²) in [5, 5.41) is 13.7. The molecule has 3 aromatic rings. The summed E-state index contributed by atoms with van der Waals surface area (Å²) in [7, 11) is 2.01. The molecule has 8 heteroatoms. The third-order valence-electron chi connectivity index (χ3n) is 5.40. The lowest BCUT2D eigenvalue weighted by Gasteiger charge is -2.13. The fourth-order valence-corrected chi connectivity index (χ4v) is 3.78. The Morgan fingerprint density at radius 2 is 2.00 bits per heavy atom. The van der Waals surface area contributed by atoms with Crippen molar-refractivity contribution in [3.63, 3.8) is 0 Å². The maximum Gasteiger partial charge on any atom is 0.270 e. The van der Waals surface area contributed by atoms with E-state index in [0.717, 1.165) is 42.9 Å². The third kappa shape index (κ3) is 4.12. The van der Waals surface area contributed by atoms with Gasteiger partial charge in [-0.25, -0.2) is 4.98 Å². The van der Waals surface area contributed by atoms with Crippen molar-refractivity contribution < 1.29 is 9.72 Å². The highest BCUT2D eigenvalue weighted by Crippen LogP contribution is 2.22. The fraction of sp³-hybridized carbons (Fsp3) is 0.333. The molecule has 0 atom stereocenters. The normalized spacial score (nSPS) is 14.4. The van der Waals surface area contributed by atoms with E-state index in [1.165, 1.54) is 31.0 Å². The van der Waals surface area contributed by atoms with Crippen molar-refractivity contribution in [3.05, 3.63) is 64.0 Å². The zero-order valence-corrected chi connectivity index (χ0v) is 16.3. The second-order valence-corrected chi connectivity index (χ2v) is 7.35. The number of rotatable bonds is 6. The smallest absolute Gasteiger partial charge is 0.270 e. The summed E-state index contributed by atoms with van der Waals surface area (Å²) in [6.07, 6.45) is 3.44. The van der Waals surface area contributed by atoms with Crippen molar-refractivity contribution in [2.45, 2.75) is 19.3 Å². The zero-order chi connectivity index (χ0) is 20.4. The summed E-state index contributed by atoms with van der Waals surface area (Å²) in [6, 6.07) is 11.3. The molecule has 4 rings (SSSR count). The molecule has 150 valence electrons. The van der Waals surface area contributed by atoms with Crippen LogP contribution in [-0.4, -0.2) is 44.9 Å². The monoisotopic (exact) mass is 393 g/mol. The highest BCUT2D eigenvalue weighted by molar-refractivity contribution is 6.05. The van der Waals surface area contributed by atoms with Crippen molar-refractivity contribution >= 4 is 28.3 Å². The van der Waals surface area contributed by atoms with Gasteiger partial charge in [0.1, 0.15) is 5.82 Å². The van der Waals surface area contributed by atoms with E-state index >= 15 is 0 Å². The number of hydrogen-bond donors (Lipinski definition) is 1. The van der Waals surface area contributed by atoms with Gasteiger partial charge in [-0.1, -0.05) is 6.07 Å². The van der Waals surface area contributed by atoms with Crippen LogP contribution in [0.5, 0.6) is 0 Å². The van der Waals surface area contributed by atoms with E-state index in [-0.39, 0.29) is 11.3 Å². The van der Waals surface area contributed by atoms with Crippen LogP contribution in [-0.2, 0) is 13.5 Å². The number of benzene rings is 2. The Labute approximate surface area is 168 Å². The Morgan fingerprint density at radius 3 is 2.76 bits per heavy atom. The average molecular weight is 393 g/mol. The molecule has 0 spiro atoms. The first-order valence-corrected chi connectivity index (χ1v) is 9.75. The Morgan fingerprint density at radius 1 is 1.21 bits per heavy atom. The summed E-state index contributed by atoms with van der Waals surface area (Å²) in [5.41, 5.74) is 2.57. The van der Waals surface area contributed by atoms with Gasteiger partial charge in [-0.05, 0) is 50.2 Å². The lowest BCUT2D eigenvalue weighted by molar-refractivity contribution is -0.384. The number of nitrogens with zero attached hydrogens (tertiary/aromatic N) is 4. The molecule has 0 aliphatic carbocycles. The van der Waals surface area contributed by atoms with Crippen LogP contribution in [0, 0.1) is 10.1 Å². The highest BCUT2D eigenvalue weighted by atomic mass is 16.6. The molecule has 2 heterocycles. The quantitative estimate of drug-likeness (QED) is 0.512. The number of nitro benzene ring substituents is 1. The second kappa shape index (κ2) is 8.00. The van der Waals surface area contributed by atoms with Crippen molar-refractivity contribution in [1.82, 2.24) is 14.5 Å². The van der Waals surface area contributed by atoms with Crippen molar-refractivity contribution in [2.75, 3.05) is 25.0 Å². The highest BCUT2D eigenvalue weighted by Gasteiger charge is 2.15. The van der Waals surface area contributed by atoms with E-state index in [1.54, 1.807) is 6.07 Å². The molecule has 1 aliphatic heterocycles. The minimum absolute atomic E-state index is 0.111. The van der Waals surface area contributed by atoms with E-state index in [9.17, 15) is 14.9 Å². The van der Waals surface area contributed by atoms with Gasteiger partial charge in [0.05, 0.1) is 16.0 Å². The van der Waals surface area contributed by atoms with Crippen LogP contribution in [0.15, 0.2) is 42.5 Å². The summed E-state index contributed by atoms with van der Waals surface area (Å²) in [6.45, 7) is 3.34. The lowest BCUT2D eigenvalue weighted by Crippen LogP contribution is -2.22. The van der Waals surface area contributed by atoms with Crippen LogP contribution in [0.4, 0.5) is 11.4 Å². The maximum absolute atomic E-state index is 12.5. The van der Waals surface area contributed by atoms with E-state index in [1.807, 2.05) is 25.2 Å². The van der Waals surface area contributed by atoms with Gasteiger partial charge in [-0.15, -0.1) is 0 Å². The average Bonchev–Trinajstić information content (AvgIpc) is 3.34. The van der Waals surface area contributed by atoms with Gasteiger partial charge in [0.25, 0.3) is 11.6 Å². The summed E-state index contributed by atoms with van der Waals surface area (Å²) >= 11 is 0. The molecule has 0 radical (unpaired) electrons. The third-order valence-corrected chi connectivity index (χ3v) is 5.40. The van der Waals surface area contributed by atoms with Crippen molar-refractivity contribution in [3.8, 4) is 0 Å². The number of amides is 1. The number of likely N-dealkylation sites (tertiary alicyclic amines) is 1. The number of carbonyl (C=O) groups is 1. The summed E-state index contributed by atoms with van der Waals surface area (Å²) < 4.78 is 2.09. The number of fused-ring (bicyclic) bond motifs is 1. The number of aryl methyl sites for hydroxylation is 1. The number of nitrogens with one attached hydrogen (secondary N) is 1. The fourth-order valence-electron chi connectivity index (χ4n) is 3.78. The molecule has 0 unspecified atom stereocenters. The molecule has 1 fully saturated rings. The molecular formula is C21H23N5O3. The molecule has 8 nitrogen and oxygen atoms in total. The molecule has 29 heavy (non-hydrogen) atoms. The van der Waals surface area contributed by atoms with Gasteiger partial charge in [0.15, 0.2) is 0 Å². The molecule has 0 saturated carbocycles. The second-order valence-electron chi connectivity index (χ2n) is 7.35. The molecule has 1 saturated heterocycles. The zero-order valence-electron chi connectivity index (χ0n) is 16.3. The first-order valence-electron chi connectivity index (χ1n) is 9.75. The van der Waals surface area contributed by atoms with E-state index in [2.05, 4.69) is 14.8 Å². The van der Waals surface area contributed by atoms with E-state index in [4.69, 9.17) is 4.98 Å². The van der Waals surface area contributed by atoms with Crippen LogP contribution in [0.25, 0.3) is 11.0 Å². The van der Waals surface area contributed by atoms with Crippen LogP contribution < -0.4 is 5.32 Å². The van der Waals surface area contributed by atoms with Gasteiger partial charge in [-0.3, -0.25) is 14.9 Å². The lowest BCUT2D eigenvalue weighted by atomic mass is 10.2. The number of carbonyl (C=O) groups excluding carboxylic acids is 1. The Balaban J connectivity index is 1.50. The molecule has 1 N–H and O–H groups in total. The molecule has 1 aliphatic rings. The van der Waals surface area contributed by atoms with Crippen LogP contribution in [0.3, 0.4) is 0 Å². The van der Waals surface area contributed by atoms with Gasteiger partial charge in [0.2, 0.25) is 0 Å². The maximum atomic E-state index is 12.5. The molecule has 1 aromatic heterocycles. The number of imidazole rings is 1. The summed E-state index contributed by atoms with van der Waals surface area (Å²) in [4.78, 5) is 30.1. The minimum Gasteiger partial charge on any atom is -0.331 e. The minimum atomic E-state index is -0.513. The Kier molecular flexibility index (Phi) is 5.26. The number of non-ortho nitro benzene ring substituents is 1. The van der Waals surface area contributed by atoms with Crippen LogP contribution >= 0.6 is 0 Å². The number of hydrogen-bond acceptors (Lipinski definition) is 5. The summed E-state index contributed by atoms with van der Waals surface area (Å²) in [5.74, 6) is 0.632. The predicted molar refractivity (Wildman–Crippen MR) is 111 cm³/mol. The van der Waals surface area contributed by atoms with E-state index < -0.39 is 10.8 Å². The number of aromatic nitrogens is 2. The predicted octanol–water partition coefficient (Wildman–Crippen LogP) is 3.37. The first-order chi connectivity index (χ1) is 14.0. The van der Waals surface area contributed by atoms with Crippen LogP contribution in [0.2, 0.25) is 0 Å². The standard InChI is InChI=1S/C21H23N5O3/c1-24-19-8-7-16(22-21(27)15-5-4-6-17(13-15)26(28)29)14-18(19)23-20(24)9-12-25-10-2-3-11-25/h4-8,13-14H,2-3,9-12H2,1H3,(H,22,27). The van der Waals surface area contributed by atoms with Gasteiger partial charge in [0, 0.05) is 43.4 Å². The van der Waals surface area contributed by atoms with Crippen LogP contribution in [0.1, 0.15) is 29.0 Å². The molecule has 2 aromatic carbocycles. The largest absolute Gasteiger partial charge is 0.331 e.